The van der Waals surface area contributed by atoms with Gasteiger partial charge in [-0.3, -0.25) is 9.59 Å². The zero-order chi connectivity index (χ0) is 25.0. The van der Waals surface area contributed by atoms with Crippen molar-refractivity contribution in [1.29, 1.82) is 0 Å². The predicted molar refractivity (Wildman–Crippen MR) is 142 cm³/mol. The van der Waals surface area contributed by atoms with Crippen LogP contribution in [0, 0.1) is 0 Å². The number of aromatic nitrogens is 1. The van der Waals surface area contributed by atoms with E-state index in [0.29, 0.717) is 18.1 Å². The topological polar surface area (TPSA) is 56.4 Å². The number of aromatic amines is 1. The van der Waals surface area contributed by atoms with Crippen molar-refractivity contribution in [2.24, 2.45) is 0 Å². The molecule has 2 unspecified atom stereocenters. The second-order valence-electron chi connectivity index (χ2n) is 9.94. The van der Waals surface area contributed by atoms with Crippen molar-refractivity contribution in [1.82, 2.24) is 14.8 Å². The summed E-state index contributed by atoms with van der Waals surface area (Å²) in [6.45, 7) is 4.82. The van der Waals surface area contributed by atoms with Crippen molar-refractivity contribution >= 4 is 34.3 Å². The fourth-order valence-corrected chi connectivity index (χ4v) is 6.12. The van der Waals surface area contributed by atoms with Gasteiger partial charge in [0.2, 0.25) is 5.91 Å². The summed E-state index contributed by atoms with van der Waals surface area (Å²) >= 11 is 6.40. The zero-order valence-electron chi connectivity index (χ0n) is 20.4. The molecule has 1 aromatic heterocycles. The van der Waals surface area contributed by atoms with E-state index in [1.165, 1.54) is 5.56 Å². The van der Waals surface area contributed by atoms with Gasteiger partial charge in [0.25, 0.3) is 5.91 Å². The Balaban J connectivity index is 1.50. The van der Waals surface area contributed by atoms with Crippen molar-refractivity contribution < 1.29 is 9.59 Å². The molecule has 0 spiro atoms. The second-order valence-corrected chi connectivity index (χ2v) is 10.3. The minimum absolute atomic E-state index is 0.0259. The number of para-hydroxylation sites is 1. The van der Waals surface area contributed by atoms with Gasteiger partial charge in [0, 0.05) is 34.9 Å². The molecule has 5 nitrogen and oxygen atoms in total. The van der Waals surface area contributed by atoms with Crippen LogP contribution in [0.25, 0.3) is 10.9 Å². The summed E-state index contributed by atoms with van der Waals surface area (Å²) in [4.78, 5) is 34.8. The summed E-state index contributed by atoms with van der Waals surface area (Å²) in [7, 11) is 0. The minimum Gasteiger partial charge on any atom is -0.356 e. The van der Waals surface area contributed by atoms with Gasteiger partial charge in [-0.05, 0) is 47.7 Å². The van der Waals surface area contributed by atoms with Gasteiger partial charge in [0.1, 0.15) is 6.54 Å². The number of halogens is 1. The van der Waals surface area contributed by atoms with Crippen LogP contribution < -0.4 is 0 Å². The lowest BCUT2D eigenvalue weighted by atomic mass is 9.76. The molecule has 36 heavy (non-hydrogen) atoms. The third kappa shape index (κ3) is 3.37. The normalized spacial score (nSPS) is 21.6. The van der Waals surface area contributed by atoms with Crippen LogP contribution in [0.3, 0.4) is 0 Å². The summed E-state index contributed by atoms with van der Waals surface area (Å²) in [5.74, 6) is -0.166. The number of fused-ring (bicyclic) bond motifs is 5. The van der Waals surface area contributed by atoms with Crippen molar-refractivity contribution in [2.75, 3.05) is 13.1 Å². The number of carbonyl (C=O) groups is 2. The number of piperazine rings is 1. The van der Waals surface area contributed by atoms with Gasteiger partial charge in [-0.25, -0.2) is 0 Å². The van der Waals surface area contributed by atoms with Gasteiger partial charge in [0.15, 0.2) is 5.54 Å². The van der Waals surface area contributed by atoms with Crippen LogP contribution in [-0.4, -0.2) is 39.7 Å². The first-order valence-corrected chi connectivity index (χ1v) is 12.8. The van der Waals surface area contributed by atoms with E-state index < -0.39 is 5.54 Å². The molecule has 2 aliphatic heterocycles. The van der Waals surface area contributed by atoms with Crippen LogP contribution in [0.4, 0.5) is 0 Å². The highest BCUT2D eigenvalue weighted by atomic mass is 35.5. The van der Waals surface area contributed by atoms with Crippen LogP contribution in [-0.2, 0) is 28.1 Å². The largest absolute Gasteiger partial charge is 0.356 e. The highest BCUT2D eigenvalue weighted by molar-refractivity contribution is 6.31. The number of hydrogen-bond acceptors (Lipinski definition) is 2. The van der Waals surface area contributed by atoms with Crippen LogP contribution >= 0.6 is 11.6 Å². The maximum Gasteiger partial charge on any atom is 0.255 e. The van der Waals surface area contributed by atoms with E-state index in [1.54, 1.807) is 9.80 Å². The number of benzene rings is 3. The molecule has 1 N–H and O–H groups in total. The third-order valence-electron chi connectivity index (χ3n) is 7.93. The summed E-state index contributed by atoms with van der Waals surface area (Å²) in [5, 5.41) is 1.69. The van der Waals surface area contributed by atoms with Crippen molar-refractivity contribution in [3.05, 3.63) is 106 Å². The molecule has 2 amide bonds. The number of carbonyl (C=O) groups excluding carboxylic acids is 2. The van der Waals surface area contributed by atoms with Gasteiger partial charge in [0.05, 0.1) is 5.69 Å². The molecule has 182 valence electrons. The Kier molecular flexibility index (Phi) is 5.41. The number of rotatable bonds is 4. The quantitative estimate of drug-likeness (QED) is 0.398. The number of H-pyrrole nitrogens is 1. The smallest absolute Gasteiger partial charge is 0.255 e. The van der Waals surface area contributed by atoms with Crippen molar-refractivity contribution in [2.45, 2.75) is 38.3 Å². The number of nitrogens with zero attached hydrogens (tertiary/aromatic N) is 2. The molecular weight excluding hydrogens is 470 g/mol. The molecular formula is C30H28ClN3O2. The number of hydrogen-bond donors (Lipinski definition) is 1. The van der Waals surface area contributed by atoms with E-state index in [1.807, 2.05) is 49.4 Å². The fraction of sp³-hybridized carbons (Fsp3) is 0.267. The van der Waals surface area contributed by atoms with E-state index >= 15 is 0 Å². The Morgan fingerprint density at radius 1 is 1.00 bits per heavy atom. The Morgan fingerprint density at radius 2 is 1.72 bits per heavy atom. The first-order chi connectivity index (χ1) is 17.4. The summed E-state index contributed by atoms with van der Waals surface area (Å²) < 4.78 is 0. The molecule has 6 rings (SSSR count). The van der Waals surface area contributed by atoms with Crippen molar-refractivity contribution in [3.63, 3.8) is 0 Å². The van der Waals surface area contributed by atoms with E-state index in [0.717, 1.165) is 39.7 Å². The van der Waals surface area contributed by atoms with E-state index in [2.05, 4.69) is 42.2 Å². The third-order valence-corrected chi connectivity index (χ3v) is 8.30. The Hall–Kier alpha value is -3.57. The molecule has 3 heterocycles. The number of aryl methyl sites for hydroxylation is 1. The van der Waals surface area contributed by atoms with E-state index in [4.69, 9.17) is 11.6 Å². The maximum absolute atomic E-state index is 14.2. The summed E-state index contributed by atoms with van der Waals surface area (Å²) in [6, 6.07) is 24.3. The molecule has 0 radical (unpaired) electrons. The van der Waals surface area contributed by atoms with Crippen LogP contribution in [0.1, 0.15) is 47.7 Å². The van der Waals surface area contributed by atoms with Crippen LogP contribution in [0.5, 0.6) is 0 Å². The maximum atomic E-state index is 14.2. The lowest BCUT2D eigenvalue weighted by Gasteiger charge is -2.51. The lowest BCUT2D eigenvalue weighted by Crippen LogP contribution is -2.67. The minimum atomic E-state index is -1.12. The molecule has 1 fully saturated rings. The van der Waals surface area contributed by atoms with Crippen molar-refractivity contribution in [3.8, 4) is 0 Å². The van der Waals surface area contributed by atoms with Gasteiger partial charge in [-0.15, -0.1) is 0 Å². The zero-order valence-corrected chi connectivity index (χ0v) is 21.2. The lowest BCUT2D eigenvalue weighted by molar-refractivity contribution is -0.166. The fourth-order valence-electron chi connectivity index (χ4n) is 5.92. The average Bonchev–Trinajstić information content (AvgIpc) is 3.29. The highest BCUT2D eigenvalue weighted by Gasteiger charge is 2.56. The molecule has 1 saturated heterocycles. The predicted octanol–water partition coefficient (Wildman–Crippen LogP) is 5.62. The molecule has 0 saturated carbocycles. The monoisotopic (exact) mass is 497 g/mol. The Morgan fingerprint density at radius 3 is 2.47 bits per heavy atom. The summed E-state index contributed by atoms with van der Waals surface area (Å²) in [5.41, 5.74) is 5.03. The molecule has 0 bridgehead atoms. The molecule has 6 heteroatoms. The summed E-state index contributed by atoms with van der Waals surface area (Å²) in [6.07, 6.45) is 0.974. The van der Waals surface area contributed by atoms with Gasteiger partial charge in [-0.2, -0.15) is 0 Å². The van der Waals surface area contributed by atoms with E-state index in [9.17, 15) is 9.59 Å². The van der Waals surface area contributed by atoms with Gasteiger partial charge >= 0.3 is 0 Å². The second kappa shape index (κ2) is 8.52. The van der Waals surface area contributed by atoms with Gasteiger partial charge in [-0.1, -0.05) is 79.2 Å². The standard InChI is InChI=1S/C30H28ClN3O2/c1-3-19-12-14-20(15-13-19)23-17-34-26(35)18-33(16-21-8-4-6-10-24(21)31)29(36)30(34,2)28-27(23)22-9-5-7-11-25(22)32-28/h4-15,23,32H,3,16-18H2,1-2H3. The Labute approximate surface area is 215 Å². The highest BCUT2D eigenvalue weighted by Crippen LogP contribution is 2.48. The van der Waals surface area contributed by atoms with Crippen LogP contribution in [0.2, 0.25) is 5.02 Å². The molecule has 3 aromatic carbocycles. The van der Waals surface area contributed by atoms with E-state index in [-0.39, 0.29) is 24.3 Å². The number of nitrogens with one attached hydrogen (secondary N) is 1. The number of amides is 2. The molecule has 2 atom stereocenters. The molecule has 0 aliphatic carbocycles. The van der Waals surface area contributed by atoms with Gasteiger partial charge < -0.3 is 14.8 Å². The molecule has 2 aliphatic rings. The first-order valence-electron chi connectivity index (χ1n) is 12.4. The van der Waals surface area contributed by atoms with Crippen LogP contribution in [0.15, 0.2) is 72.8 Å². The average molecular weight is 498 g/mol. The first kappa shape index (κ1) is 22.9. The SMILES string of the molecule is CCc1ccc(C2CN3C(=O)CN(Cc4ccccc4Cl)C(=O)C3(C)c3[nH]c4ccccc4c32)cc1. The molecule has 4 aromatic rings. The Bertz CT molecular complexity index is 1490.